The summed E-state index contributed by atoms with van der Waals surface area (Å²) in [4.78, 5) is 18.9. The Bertz CT molecular complexity index is 806. The van der Waals surface area contributed by atoms with E-state index in [1.807, 2.05) is 37.8 Å². The van der Waals surface area contributed by atoms with Crippen LogP contribution in [0.15, 0.2) is 28.9 Å². The summed E-state index contributed by atoms with van der Waals surface area (Å²) in [7, 11) is 0. The lowest BCUT2D eigenvalue weighted by atomic mass is 9.72. The van der Waals surface area contributed by atoms with Crippen molar-refractivity contribution in [2.75, 3.05) is 26.3 Å². The van der Waals surface area contributed by atoms with Crippen molar-refractivity contribution in [1.82, 2.24) is 20.1 Å². The maximum absolute atomic E-state index is 12.9. The molecular formula is C20H26N4O3. The molecule has 0 aromatic carbocycles. The molecule has 27 heavy (non-hydrogen) atoms. The molecule has 2 aliphatic rings. The topological polar surface area (TPSA) is 81.4 Å². The molecule has 0 radical (unpaired) electrons. The van der Waals surface area contributed by atoms with Crippen LogP contribution in [0, 0.1) is 10.8 Å². The minimum atomic E-state index is -0.404. The summed E-state index contributed by atoms with van der Waals surface area (Å²) in [6.45, 7) is 8.66. The van der Waals surface area contributed by atoms with Gasteiger partial charge in [-0.2, -0.15) is 0 Å². The molecule has 4 rings (SSSR count). The van der Waals surface area contributed by atoms with E-state index in [0.29, 0.717) is 31.5 Å². The molecule has 2 aromatic rings. The number of hydrogen-bond donors (Lipinski definition) is 0. The predicted octanol–water partition coefficient (Wildman–Crippen LogP) is 2.90. The van der Waals surface area contributed by atoms with Crippen molar-refractivity contribution in [3.05, 3.63) is 30.4 Å². The number of carbonyl (C=O) groups is 1. The number of amides is 1. The highest BCUT2D eigenvalue weighted by atomic mass is 16.5. The van der Waals surface area contributed by atoms with Gasteiger partial charge in [-0.1, -0.05) is 20.8 Å². The third-order valence-electron chi connectivity index (χ3n) is 5.73. The van der Waals surface area contributed by atoms with Crippen LogP contribution in [0.4, 0.5) is 0 Å². The van der Waals surface area contributed by atoms with Crippen molar-refractivity contribution >= 4 is 5.91 Å². The summed E-state index contributed by atoms with van der Waals surface area (Å²) in [5.41, 5.74) is 0.393. The quantitative estimate of drug-likeness (QED) is 0.808. The first kappa shape index (κ1) is 18.1. The summed E-state index contributed by atoms with van der Waals surface area (Å²) in [6.07, 6.45) is 5.22. The molecule has 7 heteroatoms. The molecular weight excluding hydrogens is 344 g/mol. The fourth-order valence-electron chi connectivity index (χ4n) is 4.21. The van der Waals surface area contributed by atoms with E-state index >= 15 is 0 Å². The molecule has 0 saturated carbocycles. The molecule has 0 aliphatic carbocycles. The van der Waals surface area contributed by atoms with Crippen LogP contribution in [0.2, 0.25) is 0 Å². The number of carbonyl (C=O) groups excluding carboxylic acids is 1. The maximum Gasteiger partial charge on any atom is 0.247 e. The zero-order valence-corrected chi connectivity index (χ0v) is 16.1. The average Bonchev–Trinajstić information content (AvgIpc) is 3.27. The minimum absolute atomic E-state index is 0.0378. The van der Waals surface area contributed by atoms with Crippen LogP contribution < -0.4 is 0 Å². The van der Waals surface area contributed by atoms with Crippen molar-refractivity contribution < 1.29 is 13.9 Å². The van der Waals surface area contributed by atoms with Gasteiger partial charge in [-0.3, -0.25) is 9.78 Å². The Morgan fingerprint density at radius 1 is 1.19 bits per heavy atom. The Balaban J connectivity index is 1.65. The van der Waals surface area contributed by atoms with Crippen LogP contribution in [0.5, 0.6) is 0 Å². The van der Waals surface area contributed by atoms with Gasteiger partial charge in [0.2, 0.25) is 17.7 Å². The number of rotatable bonds is 2. The zero-order valence-electron chi connectivity index (χ0n) is 16.1. The van der Waals surface area contributed by atoms with Crippen molar-refractivity contribution in [3.63, 3.8) is 0 Å². The monoisotopic (exact) mass is 370 g/mol. The Labute approximate surface area is 159 Å². The summed E-state index contributed by atoms with van der Waals surface area (Å²) < 4.78 is 11.7. The molecule has 144 valence electrons. The number of likely N-dealkylation sites (tertiary alicyclic amines) is 1. The second-order valence-electron chi connectivity index (χ2n) is 8.64. The summed E-state index contributed by atoms with van der Waals surface area (Å²) in [6, 6.07) is 3.71. The lowest BCUT2D eigenvalue weighted by Crippen LogP contribution is -2.40. The van der Waals surface area contributed by atoms with Crippen molar-refractivity contribution in [2.24, 2.45) is 10.8 Å². The second kappa shape index (κ2) is 6.71. The third-order valence-corrected chi connectivity index (χ3v) is 5.73. The van der Waals surface area contributed by atoms with E-state index in [4.69, 9.17) is 9.15 Å². The molecule has 2 aromatic heterocycles. The molecule has 1 atom stereocenters. The van der Waals surface area contributed by atoms with Crippen LogP contribution in [0.25, 0.3) is 11.5 Å². The largest absolute Gasteiger partial charge is 0.420 e. The van der Waals surface area contributed by atoms with Crippen LogP contribution in [-0.2, 0) is 9.53 Å². The molecule has 0 N–H and O–H groups in total. The molecule has 1 spiro atoms. The summed E-state index contributed by atoms with van der Waals surface area (Å²) in [5.74, 6) is 1.32. The van der Waals surface area contributed by atoms with E-state index in [0.717, 1.165) is 24.9 Å². The van der Waals surface area contributed by atoms with E-state index in [-0.39, 0.29) is 17.2 Å². The smallest absolute Gasteiger partial charge is 0.247 e. The summed E-state index contributed by atoms with van der Waals surface area (Å²) >= 11 is 0. The van der Waals surface area contributed by atoms with Gasteiger partial charge in [0.25, 0.3) is 0 Å². The molecule has 1 amide bonds. The van der Waals surface area contributed by atoms with Crippen LogP contribution in [0.3, 0.4) is 0 Å². The number of pyridine rings is 1. The fraction of sp³-hybridized carbons (Fsp3) is 0.600. The molecule has 2 saturated heterocycles. The number of ether oxygens (including phenoxy) is 1. The van der Waals surface area contributed by atoms with E-state index in [2.05, 4.69) is 15.2 Å². The fourth-order valence-corrected chi connectivity index (χ4v) is 4.21. The van der Waals surface area contributed by atoms with Gasteiger partial charge in [-0.15, -0.1) is 10.2 Å². The molecule has 7 nitrogen and oxygen atoms in total. The van der Waals surface area contributed by atoms with Gasteiger partial charge in [0.05, 0.1) is 5.92 Å². The van der Waals surface area contributed by atoms with Gasteiger partial charge >= 0.3 is 0 Å². The standard InChI is InChI=1S/C20H26N4O3/c1-19(2,3)18(25)24-12-15(20(13-24)6-10-26-11-7-20)17-23-22-16(27-17)14-4-8-21-9-5-14/h4-5,8-9,15H,6-7,10-13H2,1-3H3. The Morgan fingerprint density at radius 3 is 2.56 bits per heavy atom. The summed E-state index contributed by atoms with van der Waals surface area (Å²) in [5, 5.41) is 8.61. The molecule has 2 fully saturated rings. The van der Waals surface area contributed by atoms with Crippen molar-refractivity contribution in [3.8, 4) is 11.5 Å². The van der Waals surface area contributed by atoms with Gasteiger partial charge in [0.15, 0.2) is 0 Å². The van der Waals surface area contributed by atoms with Gasteiger partial charge in [0, 0.05) is 55.1 Å². The lowest BCUT2D eigenvalue weighted by Gasteiger charge is -2.36. The lowest BCUT2D eigenvalue weighted by molar-refractivity contribution is -0.139. The van der Waals surface area contributed by atoms with Crippen LogP contribution >= 0.6 is 0 Å². The van der Waals surface area contributed by atoms with Crippen molar-refractivity contribution in [1.29, 1.82) is 0 Å². The number of aromatic nitrogens is 3. The van der Waals surface area contributed by atoms with Crippen LogP contribution in [0.1, 0.15) is 45.4 Å². The van der Waals surface area contributed by atoms with Crippen molar-refractivity contribution in [2.45, 2.75) is 39.5 Å². The first-order valence-electron chi connectivity index (χ1n) is 9.50. The highest BCUT2D eigenvalue weighted by molar-refractivity contribution is 5.82. The average molecular weight is 370 g/mol. The van der Waals surface area contributed by atoms with Gasteiger partial charge < -0.3 is 14.1 Å². The Kier molecular flexibility index (Phi) is 4.50. The Hall–Kier alpha value is -2.28. The number of nitrogens with zero attached hydrogens (tertiary/aromatic N) is 4. The van der Waals surface area contributed by atoms with Gasteiger partial charge in [-0.05, 0) is 25.0 Å². The van der Waals surface area contributed by atoms with Crippen LogP contribution in [-0.4, -0.2) is 52.3 Å². The molecule has 4 heterocycles. The van der Waals surface area contributed by atoms with E-state index in [1.54, 1.807) is 12.4 Å². The highest BCUT2D eigenvalue weighted by Gasteiger charge is 2.52. The second-order valence-corrected chi connectivity index (χ2v) is 8.64. The normalized spacial score (nSPS) is 22.3. The SMILES string of the molecule is CC(C)(C)C(=O)N1CC(c2nnc(-c3ccncc3)o2)C2(CCOCC2)C1. The van der Waals surface area contributed by atoms with E-state index < -0.39 is 5.41 Å². The third kappa shape index (κ3) is 3.36. The molecule has 1 unspecified atom stereocenters. The minimum Gasteiger partial charge on any atom is -0.420 e. The number of hydrogen-bond acceptors (Lipinski definition) is 6. The molecule has 2 aliphatic heterocycles. The Morgan fingerprint density at radius 2 is 1.89 bits per heavy atom. The maximum atomic E-state index is 12.9. The van der Waals surface area contributed by atoms with Gasteiger partial charge in [-0.25, -0.2) is 0 Å². The predicted molar refractivity (Wildman–Crippen MR) is 98.8 cm³/mol. The molecule has 0 bridgehead atoms. The zero-order chi connectivity index (χ0) is 19.1. The first-order chi connectivity index (χ1) is 12.9. The van der Waals surface area contributed by atoms with E-state index in [1.165, 1.54) is 0 Å². The first-order valence-corrected chi connectivity index (χ1v) is 9.50. The highest BCUT2D eigenvalue weighted by Crippen LogP contribution is 2.50. The van der Waals surface area contributed by atoms with E-state index in [9.17, 15) is 4.79 Å². The van der Waals surface area contributed by atoms with Gasteiger partial charge in [0.1, 0.15) is 0 Å².